The van der Waals surface area contributed by atoms with Crippen LogP contribution in [0.3, 0.4) is 0 Å². The summed E-state index contributed by atoms with van der Waals surface area (Å²) >= 11 is 0. The lowest BCUT2D eigenvalue weighted by molar-refractivity contribution is -0.144. The minimum Gasteiger partial charge on any atom is -0.497 e. The average Bonchev–Trinajstić information content (AvgIpc) is 2.77. The zero-order valence-corrected chi connectivity index (χ0v) is 18.1. The molecule has 0 radical (unpaired) electrons. The van der Waals surface area contributed by atoms with Crippen LogP contribution in [0.1, 0.15) is 25.0 Å². The van der Waals surface area contributed by atoms with E-state index in [1.165, 1.54) is 10.0 Å². The highest BCUT2D eigenvalue weighted by Gasteiger charge is 2.54. The van der Waals surface area contributed by atoms with Gasteiger partial charge in [0.25, 0.3) is 0 Å². The summed E-state index contributed by atoms with van der Waals surface area (Å²) in [4.78, 5) is 25.5. The molecule has 7 heteroatoms. The van der Waals surface area contributed by atoms with Gasteiger partial charge in [0, 0.05) is 0 Å². The zero-order chi connectivity index (χ0) is 22.4. The number of ether oxygens (including phenoxy) is 3. The van der Waals surface area contributed by atoms with E-state index in [-0.39, 0.29) is 19.3 Å². The van der Waals surface area contributed by atoms with E-state index in [4.69, 9.17) is 14.2 Å². The topological polar surface area (TPSA) is 68.3 Å². The third-order valence-corrected chi connectivity index (χ3v) is 5.19. The van der Waals surface area contributed by atoms with Crippen molar-refractivity contribution in [1.82, 2.24) is 10.0 Å². The summed E-state index contributed by atoms with van der Waals surface area (Å²) in [7, 11) is 1.60. The smallest absolute Gasteiger partial charge is 0.429 e. The molecule has 164 valence electrons. The Morgan fingerprint density at radius 2 is 1.48 bits per heavy atom. The molecule has 2 atom stereocenters. The first kappa shape index (κ1) is 22.2. The first-order chi connectivity index (χ1) is 15.0. The molecule has 1 heterocycles. The van der Waals surface area contributed by atoms with Gasteiger partial charge >= 0.3 is 12.2 Å². The molecule has 0 spiro atoms. The molecule has 1 fully saturated rings. The van der Waals surface area contributed by atoms with Gasteiger partial charge in [-0.2, -0.15) is 0 Å². The van der Waals surface area contributed by atoms with E-state index >= 15 is 0 Å². The van der Waals surface area contributed by atoms with Crippen molar-refractivity contribution in [2.45, 2.75) is 32.4 Å². The van der Waals surface area contributed by atoms with Gasteiger partial charge in [-0.3, -0.25) is 0 Å². The van der Waals surface area contributed by atoms with Gasteiger partial charge in [0.15, 0.2) is 0 Å². The minimum atomic E-state index is -0.612. The molecule has 1 aliphatic heterocycles. The number of nitrogens with zero attached hydrogens (tertiary/aromatic N) is 2. The van der Waals surface area contributed by atoms with Gasteiger partial charge in [-0.15, -0.1) is 0 Å². The van der Waals surface area contributed by atoms with E-state index in [1.54, 1.807) is 21.0 Å². The summed E-state index contributed by atoms with van der Waals surface area (Å²) in [5.74, 6) is 0.724. The maximum Gasteiger partial charge on any atom is 0.429 e. The monoisotopic (exact) mass is 424 g/mol. The van der Waals surface area contributed by atoms with Gasteiger partial charge < -0.3 is 14.2 Å². The fourth-order valence-electron chi connectivity index (χ4n) is 3.73. The number of hydrogen-bond donors (Lipinski definition) is 0. The molecule has 31 heavy (non-hydrogen) atoms. The lowest BCUT2D eigenvalue weighted by Gasteiger charge is -2.55. The van der Waals surface area contributed by atoms with Crippen LogP contribution in [-0.4, -0.2) is 54.6 Å². The Hall–Kier alpha value is -3.48. The van der Waals surface area contributed by atoms with Crippen LogP contribution in [0.4, 0.5) is 9.59 Å². The lowest BCUT2D eigenvalue weighted by atomic mass is 9.86. The summed E-state index contributed by atoms with van der Waals surface area (Å²) in [6.07, 6.45) is -0.662. The van der Waals surface area contributed by atoms with Crippen LogP contribution in [0, 0.1) is 0 Å². The summed E-state index contributed by atoms with van der Waals surface area (Å²) < 4.78 is 15.7. The number of carbonyl (C=O) groups excluding carboxylic acids is 2. The number of amides is 2. The number of hydrogen-bond acceptors (Lipinski definition) is 5. The highest BCUT2D eigenvalue weighted by molar-refractivity contribution is 5.83. The fraction of sp³-hybridized carbons (Fsp3) is 0.333. The van der Waals surface area contributed by atoms with Crippen molar-refractivity contribution in [3.63, 3.8) is 0 Å². The molecule has 0 saturated carbocycles. The summed E-state index contributed by atoms with van der Waals surface area (Å²) in [5, 5.41) is 2.65. The van der Waals surface area contributed by atoms with Gasteiger partial charge in [-0.25, -0.2) is 19.6 Å². The van der Waals surface area contributed by atoms with Crippen LogP contribution >= 0.6 is 0 Å². The second-order valence-electron chi connectivity index (χ2n) is 7.04. The van der Waals surface area contributed by atoms with Crippen LogP contribution in [0.5, 0.6) is 5.75 Å². The molecule has 0 unspecified atom stereocenters. The first-order valence-corrected chi connectivity index (χ1v) is 10.3. The van der Waals surface area contributed by atoms with Crippen molar-refractivity contribution in [1.29, 1.82) is 0 Å². The van der Waals surface area contributed by atoms with Crippen LogP contribution in [0.2, 0.25) is 0 Å². The maximum atomic E-state index is 12.8. The Balaban J connectivity index is 1.97. The predicted octanol–water partition coefficient (Wildman–Crippen LogP) is 4.53. The molecule has 2 aromatic rings. The molecule has 1 saturated heterocycles. The molecular formula is C24H28N2O5. The van der Waals surface area contributed by atoms with E-state index in [0.29, 0.717) is 12.0 Å². The molecule has 7 nitrogen and oxygen atoms in total. The maximum absolute atomic E-state index is 12.8. The Bertz CT molecular complexity index is 913. The van der Waals surface area contributed by atoms with Crippen molar-refractivity contribution in [3.8, 4) is 5.75 Å². The van der Waals surface area contributed by atoms with Crippen LogP contribution in [0.25, 0.3) is 5.57 Å². The van der Waals surface area contributed by atoms with E-state index in [2.05, 4.69) is 6.58 Å². The third kappa shape index (κ3) is 4.66. The summed E-state index contributed by atoms with van der Waals surface area (Å²) in [6, 6.07) is 16.4. The molecule has 2 aromatic carbocycles. The second kappa shape index (κ2) is 10.0. The van der Waals surface area contributed by atoms with Crippen molar-refractivity contribution >= 4 is 17.8 Å². The zero-order valence-electron chi connectivity index (χ0n) is 18.1. The number of hydrazine groups is 1. The van der Waals surface area contributed by atoms with Crippen LogP contribution in [-0.2, 0) is 15.9 Å². The van der Waals surface area contributed by atoms with E-state index in [9.17, 15) is 9.59 Å². The summed E-state index contributed by atoms with van der Waals surface area (Å²) in [6.45, 7) is 8.10. The van der Waals surface area contributed by atoms with Gasteiger partial charge in [-0.05, 0) is 49.1 Å². The van der Waals surface area contributed by atoms with Gasteiger partial charge in [0.05, 0.1) is 26.4 Å². The highest BCUT2D eigenvalue weighted by atomic mass is 16.6. The number of rotatable bonds is 7. The molecule has 2 amide bonds. The van der Waals surface area contributed by atoms with E-state index in [0.717, 1.165) is 16.9 Å². The molecule has 0 aliphatic carbocycles. The third-order valence-electron chi connectivity index (χ3n) is 5.19. The lowest BCUT2D eigenvalue weighted by Crippen LogP contribution is -2.75. The van der Waals surface area contributed by atoms with Crippen LogP contribution < -0.4 is 4.74 Å². The molecule has 1 aliphatic rings. The molecular weight excluding hydrogens is 396 g/mol. The van der Waals surface area contributed by atoms with E-state index < -0.39 is 18.2 Å². The van der Waals surface area contributed by atoms with Crippen molar-refractivity contribution in [3.05, 3.63) is 72.3 Å². The number of methoxy groups -OCH3 is 1. The van der Waals surface area contributed by atoms with Crippen molar-refractivity contribution in [2.24, 2.45) is 0 Å². The van der Waals surface area contributed by atoms with Gasteiger partial charge in [-0.1, -0.05) is 49.0 Å². The Morgan fingerprint density at radius 1 is 0.903 bits per heavy atom. The van der Waals surface area contributed by atoms with Gasteiger partial charge in [0.2, 0.25) is 0 Å². The first-order valence-electron chi connectivity index (χ1n) is 10.3. The Kier molecular flexibility index (Phi) is 7.18. The van der Waals surface area contributed by atoms with Crippen molar-refractivity contribution in [2.75, 3.05) is 20.3 Å². The van der Waals surface area contributed by atoms with Crippen LogP contribution in [0.15, 0.2) is 61.2 Å². The molecule has 3 rings (SSSR count). The summed E-state index contributed by atoms with van der Waals surface area (Å²) in [5.41, 5.74) is 2.59. The molecule has 0 aromatic heterocycles. The van der Waals surface area contributed by atoms with Crippen molar-refractivity contribution < 1.29 is 23.8 Å². The second-order valence-corrected chi connectivity index (χ2v) is 7.04. The van der Waals surface area contributed by atoms with E-state index in [1.807, 2.05) is 54.6 Å². The molecule has 0 bridgehead atoms. The quantitative estimate of drug-likeness (QED) is 0.653. The van der Waals surface area contributed by atoms with Gasteiger partial charge in [0.1, 0.15) is 11.8 Å². The minimum absolute atomic E-state index is 0.192. The average molecular weight is 424 g/mol. The number of carbonyl (C=O) groups is 2. The SMILES string of the molecule is C=C(c1ccc(OC)cc1)[C@H]1[C@H](Cc2ccccc2)N(C(=O)OCC)N1C(=O)OCC. The fourth-order valence-corrected chi connectivity index (χ4v) is 3.73. The molecule has 0 N–H and O–H groups in total. The highest BCUT2D eigenvalue weighted by Crippen LogP contribution is 2.39. The predicted molar refractivity (Wildman–Crippen MR) is 117 cm³/mol. The number of benzene rings is 2. The largest absolute Gasteiger partial charge is 0.497 e. The Morgan fingerprint density at radius 3 is 2.03 bits per heavy atom. The normalized spacial score (nSPS) is 17.5. The Labute approximate surface area is 182 Å². The standard InChI is InChI=1S/C24H28N2O5/c1-5-30-23(27)25-21(16-18-10-8-7-9-11-18)22(26(25)24(28)31-6-2)17(3)19-12-14-20(29-4)15-13-19/h7-15,21-22H,3,5-6,16H2,1-2,4H3/t21-,22-/m0/s1.